The molecule has 2 aliphatic rings. The highest BCUT2D eigenvalue weighted by atomic mass is 19.1. The highest BCUT2D eigenvalue weighted by Gasteiger charge is 2.32. The summed E-state index contributed by atoms with van der Waals surface area (Å²) in [6, 6.07) is 12.4. The molecule has 2 atom stereocenters. The summed E-state index contributed by atoms with van der Waals surface area (Å²) in [7, 11) is 1.63. The standard InChI is InChI=1S/C22H27FN4O2/c1-15-13-18(29-2)7-8-19(15)22(28)27-11-9-26(10-12-27)21-14-20(24-25-21)16-3-5-17(23)6-4-16/h3-8,13,20-21,24-25H,9-12,14H2,1-2H3. The number of nitrogens with zero attached hydrogens (tertiary/aromatic N) is 2. The van der Waals surface area contributed by atoms with Crippen LogP contribution >= 0.6 is 0 Å². The fourth-order valence-electron chi connectivity index (χ4n) is 4.10. The lowest BCUT2D eigenvalue weighted by atomic mass is 10.0. The van der Waals surface area contributed by atoms with E-state index in [2.05, 4.69) is 15.8 Å². The van der Waals surface area contributed by atoms with E-state index in [-0.39, 0.29) is 23.9 Å². The first-order chi connectivity index (χ1) is 14.0. The summed E-state index contributed by atoms with van der Waals surface area (Å²) in [5.41, 5.74) is 9.40. The number of ether oxygens (including phenoxy) is 1. The molecule has 0 spiro atoms. The SMILES string of the molecule is COc1ccc(C(=O)N2CCN(C3CC(c4ccc(F)cc4)NN3)CC2)c(C)c1. The van der Waals surface area contributed by atoms with Crippen molar-refractivity contribution in [2.45, 2.75) is 25.6 Å². The third kappa shape index (κ3) is 4.27. The van der Waals surface area contributed by atoms with Gasteiger partial charge in [0.15, 0.2) is 0 Å². The quantitative estimate of drug-likeness (QED) is 0.829. The number of hydrogen-bond acceptors (Lipinski definition) is 5. The number of halogens is 1. The minimum atomic E-state index is -0.218. The molecule has 2 saturated heterocycles. The number of methoxy groups -OCH3 is 1. The Labute approximate surface area is 170 Å². The van der Waals surface area contributed by atoms with Crippen LogP contribution in [0.4, 0.5) is 4.39 Å². The number of hydrazine groups is 1. The predicted octanol–water partition coefficient (Wildman–Crippen LogP) is 2.47. The molecular weight excluding hydrogens is 371 g/mol. The van der Waals surface area contributed by atoms with Crippen LogP contribution in [0.25, 0.3) is 0 Å². The minimum absolute atomic E-state index is 0.0755. The van der Waals surface area contributed by atoms with Gasteiger partial charge in [-0.05, 0) is 54.8 Å². The van der Waals surface area contributed by atoms with Crippen molar-refractivity contribution in [3.8, 4) is 5.75 Å². The van der Waals surface area contributed by atoms with E-state index in [4.69, 9.17) is 4.74 Å². The Hall–Kier alpha value is -2.48. The Balaban J connectivity index is 1.32. The maximum Gasteiger partial charge on any atom is 0.254 e. The minimum Gasteiger partial charge on any atom is -0.497 e. The van der Waals surface area contributed by atoms with E-state index >= 15 is 0 Å². The molecule has 2 N–H and O–H groups in total. The van der Waals surface area contributed by atoms with E-state index in [1.807, 2.05) is 42.2 Å². The largest absolute Gasteiger partial charge is 0.497 e. The Kier molecular flexibility index (Phi) is 5.80. The summed E-state index contributed by atoms with van der Waals surface area (Å²) in [5.74, 6) is 0.620. The summed E-state index contributed by atoms with van der Waals surface area (Å²) in [6.45, 7) is 4.97. The van der Waals surface area contributed by atoms with Gasteiger partial charge in [0.2, 0.25) is 0 Å². The fraction of sp³-hybridized carbons (Fsp3) is 0.409. The number of carbonyl (C=O) groups is 1. The normalized spacial score (nSPS) is 22.7. The average molecular weight is 398 g/mol. The van der Waals surface area contributed by atoms with Gasteiger partial charge < -0.3 is 9.64 Å². The van der Waals surface area contributed by atoms with Crippen molar-refractivity contribution in [1.29, 1.82) is 0 Å². The number of hydrogen-bond donors (Lipinski definition) is 2. The predicted molar refractivity (Wildman–Crippen MR) is 109 cm³/mol. The lowest BCUT2D eigenvalue weighted by Crippen LogP contribution is -2.55. The molecule has 0 aliphatic carbocycles. The van der Waals surface area contributed by atoms with Crippen LogP contribution < -0.4 is 15.6 Å². The first kappa shape index (κ1) is 19.8. The van der Waals surface area contributed by atoms with Gasteiger partial charge in [-0.3, -0.25) is 9.69 Å². The first-order valence-electron chi connectivity index (χ1n) is 9.99. The molecule has 1 amide bonds. The van der Waals surface area contributed by atoms with Gasteiger partial charge >= 0.3 is 0 Å². The Morgan fingerprint density at radius 2 is 1.79 bits per heavy atom. The van der Waals surface area contributed by atoms with Gasteiger partial charge in [-0.25, -0.2) is 15.2 Å². The van der Waals surface area contributed by atoms with Crippen molar-refractivity contribution >= 4 is 5.91 Å². The highest BCUT2D eigenvalue weighted by molar-refractivity contribution is 5.95. The molecule has 0 aromatic heterocycles. The second-order valence-electron chi connectivity index (χ2n) is 7.65. The Morgan fingerprint density at radius 1 is 1.07 bits per heavy atom. The number of benzene rings is 2. The van der Waals surface area contributed by atoms with Crippen LogP contribution in [0.2, 0.25) is 0 Å². The molecule has 2 unspecified atom stereocenters. The van der Waals surface area contributed by atoms with E-state index in [0.717, 1.165) is 42.0 Å². The molecule has 2 aromatic carbocycles. The third-order valence-corrected chi connectivity index (χ3v) is 5.86. The summed E-state index contributed by atoms with van der Waals surface area (Å²) in [5, 5.41) is 0. The number of aryl methyl sites for hydroxylation is 1. The van der Waals surface area contributed by atoms with Crippen molar-refractivity contribution in [3.63, 3.8) is 0 Å². The van der Waals surface area contributed by atoms with Gasteiger partial charge in [0.25, 0.3) is 5.91 Å². The molecular formula is C22H27FN4O2. The van der Waals surface area contributed by atoms with Crippen LogP contribution in [-0.2, 0) is 0 Å². The Bertz CT molecular complexity index is 866. The van der Waals surface area contributed by atoms with Crippen LogP contribution in [0.3, 0.4) is 0 Å². The number of piperazine rings is 1. The van der Waals surface area contributed by atoms with Gasteiger partial charge in [0.05, 0.1) is 13.3 Å². The van der Waals surface area contributed by atoms with Gasteiger partial charge in [-0.15, -0.1) is 0 Å². The molecule has 7 heteroatoms. The zero-order valence-corrected chi connectivity index (χ0v) is 16.8. The molecule has 2 heterocycles. The van der Waals surface area contributed by atoms with Crippen molar-refractivity contribution in [1.82, 2.24) is 20.7 Å². The van der Waals surface area contributed by atoms with Crippen LogP contribution in [0, 0.1) is 12.7 Å². The summed E-state index contributed by atoms with van der Waals surface area (Å²) >= 11 is 0. The molecule has 2 fully saturated rings. The summed E-state index contributed by atoms with van der Waals surface area (Å²) in [4.78, 5) is 17.2. The molecule has 154 valence electrons. The van der Waals surface area contributed by atoms with Crippen molar-refractivity contribution in [2.75, 3.05) is 33.3 Å². The van der Waals surface area contributed by atoms with Gasteiger partial charge in [0, 0.05) is 37.8 Å². The smallest absolute Gasteiger partial charge is 0.254 e. The molecule has 2 aliphatic heterocycles. The second-order valence-corrected chi connectivity index (χ2v) is 7.65. The molecule has 0 saturated carbocycles. The summed E-state index contributed by atoms with van der Waals surface area (Å²) < 4.78 is 18.4. The molecule has 4 rings (SSSR count). The third-order valence-electron chi connectivity index (χ3n) is 5.86. The second kappa shape index (κ2) is 8.49. The van der Waals surface area contributed by atoms with Gasteiger partial charge in [-0.2, -0.15) is 0 Å². The fourth-order valence-corrected chi connectivity index (χ4v) is 4.10. The molecule has 0 bridgehead atoms. The van der Waals surface area contributed by atoms with Crippen LogP contribution in [0.15, 0.2) is 42.5 Å². The number of amides is 1. The van der Waals surface area contributed by atoms with E-state index in [1.54, 1.807) is 7.11 Å². The van der Waals surface area contributed by atoms with Crippen LogP contribution in [0.5, 0.6) is 5.75 Å². The van der Waals surface area contributed by atoms with Crippen molar-refractivity contribution in [3.05, 3.63) is 65.0 Å². The molecule has 6 nitrogen and oxygen atoms in total. The maximum atomic E-state index is 13.1. The number of carbonyl (C=O) groups excluding carboxylic acids is 1. The number of nitrogens with one attached hydrogen (secondary N) is 2. The topological polar surface area (TPSA) is 56.8 Å². The highest BCUT2D eigenvalue weighted by Crippen LogP contribution is 2.25. The summed E-state index contributed by atoms with van der Waals surface area (Å²) in [6.07, 6.45) is 1.10. The molecule has 0 radical (unpaired) electrons. The van der Waals surface area contributed by atoms with Crippen LogP contribution in [-0.4, -0.2) is 55.2 Å². The van der Waals surface area contributed by atoms with Crippen molar-refractivity contribution in [2.24, 2.45) is 0 Å². The van der Waals surface area contributed by atoms with E-state index in [0.29, 0.717) is 13.1 Å². The van der Waals surface area contributed by atoms with E-state index < -0.39 is 0 Å². The first-order valence-corrected chi connectivity index (χ1v) is 9.99. The maximum absolute atomic E-state index is 13.1. The average Bonchev–Trinajstić information content (AvgIpc) is 3.24. The monoisotopic (exact) mass is 398 g/mol. The van der Waals surface area contributed by atoms with E-state index in [1.165, 1.54) is 12.1 Å². The zero-order valence-electron chi connectivity index (χ0n) is 16.8. The lowest BCUT2D eigenvalue weighted by molar-refractivity contribution is 0.0544. The van der Waals surface area contributed by atoms with Crippen LogP contribution in [0.1, 0.15) is 33.9 Å². The molecule has 2 aromatic rings. The molecule has 29 heavy (non-hydrogen) atoms. The van der Waals surface area contributed by atoms with E-state index in [9.17, 15) is 9.18 Å². The van der Waals surface area contributed by atoms with Gasteiger partial charge in [-0.1, -0.05) is 12.1 Å². The van der Waals surface area contributed by atoms with Gasteiger partial charge in [0.1, 0.15) is 11.6 Å². The Morgan fingerprint density at radius 3 is 2.45 bits per heavy atom. The lowest BCUT2D eigenvalue weighted by Gasteiger charge is -2.38. The number of rotatable bonds is 4. The zero-order chi connectivity index (χ0) is 20.4. The van der Waals surface area contributed by atoms with Crippen molar-refractivity contribution < 1.29 is 13.9 Å².